The van der Waals surface area contributed by atoms with Gasteiger partial charge in [0.15, 0.2) is 5.13 Å². The van der Waals surface area contributed by atoms with Gasteiger partial charge in [-0.05, 0) is 17.7 Å². The van der Waals surface area contributed by atoms with Crippen LogP contribution in [0.3, 0.4) is 0 Å². The van der Waals surface area contributed by atoms with Crippen LogP contribution in [0.15, 0.2) is 30.6 Å². The molecule has 0 bridgehead atoms. The normalized spacial score (nSPS) is 10.9. The highest BCUT2D eigenvalue weighted by Gasteiger charge is 2.02. The van der Waals surface area contributed by atoms with E-state index in [9.17, 15) is 0 Å². The minimum absolute atomic E-state index is 0.613. The van der Waals surface area contributed by atoms with Crippen LogP contribution >= 0.6 is 11.3 Å². The van der Waals surface area contributed by atoms with Crippen molar-refractivity contribution >= 4 is 32.4 Å². The van der Waals surface area contributed by atoms with Crippen molar-refractivity contribution in [3.05, 3.63) is 36.2 Å². The van der Waals surface area contributed by atoms with Gasteiger partial charge in [-0.2, -0.15) is 5.10 Å². The molecule has 0 saturated heterocycles. The molecule has 0 saturated carbocycles. The molecule has 0 atom stereocenters. The van der Waals surface area contributed by atoms with Crippen LogP contribution in [0.4, 0.5) is 10.8 Å². The highest BCUT2D eigenvalue weighted by atomic mass is 32.1. The topological polar surface area (TPSA) is 68.8 Å². The van der Waals surface area contributed by atoms with Crippen molar-refractivity contribution in [2.75, 3.05) is 11.1 Å². The smallest absolute Gasteiger partial charge is 0.181 e. The lowest BCUT2D eigenvalue weighted by atomic mass is 10.2. The van der Waals surface area contributed by atoms with Crippen molar-refractivity contribution in [1.29, 1.82) is 0 Å². The van der Waals surface area contributed by atoms with E-state index in [4.69, 9.17) is 5.73 Å². The van der Waals surface area contributed by atoms with Gasteiger partial charge in [0.1, 0.15) is 0 Å². The molecule has 3 aromatic rings. The van der Waals surface area contributed by atoms with Crippen molar-refractivity contribution in [3.63, 3.8) is 0 Å². The average Bonchev–Trinajstić information content (AvgIpc) is 2.90. The molecule has 0 aliphatic heterocycles. The molecule has 92 valence electrons. The summed E-state index contributed by atoms with van der Waals surface area (Å²) in [6.07, 6.45) is 3.76. The first kappa shape index (κ1) is 11.0. The molecule has 5 nitrogen and oxygen atoms in total. The van der Waals surface area contributed by atoms with Crippen molar-refractivity contribution in [2.24, 2.45) is 7.05 Å². The molecule has 1 aromatic carbocycles. The van der Waals surface area contributed by atoms with Gasteiger partial charge in [0, 0.05) is 19.8 Å². The van der Waals surface area contributed by atoms with E-state index in [2.05, 4.69) is 27.5 Å². The zero-order valence-corrected chi connectivity index (χ0v) is 10.7. The molecule has 6 heteroatoms. The van der Waals surface area contributed by atoms with Gasteiger partial charge in [-0.15, -0.1) is 0 Å². The summed E-state index contributed by atoms with van der Waals surface area (Å²) in [7, 11) is 1.90. The standard InChI is InChI=1S/C12H13N5S/c1-17-7-9(6-15-17)14-5-8-2-3-10-11(4-8)18-12(13)16-10/h2-4,6-7,14H,5H2,1H3,(H2,13,16). The quantitative estimate of drug-likeness (QED) is 0.756. The number of aryl methyl sites for hydroxylation is 1. The fourth-order valence-electron chi connectivity index (χ4n) is 1.81. The van der Waals surface area contributed by atoms with Crippen molar-refractivity contribution in [3.8, 4) is 0 Å². The molecule has 2 heterocycles. The third kappa shape index (κ3) is 2.14. The van der Waals surface area contributed by atoms with Crippen LogP contribution in [0.5, 0.6) is 0 Å². The summed E-state index contributed by atoms with van der Waals surface area (Å²) in [5.74, 6) is 0. The number of nitrogens with two attached hydrogens (primary N) is 1. The predicted molar refractivity (Wildman–Crippen MR) is 74.6 cm³/mol. The molecule has 0 amide bonds. The Balaban J connectivity index is 1.78. The molecular weight excluding hydrogens is 246 g/mol. The number of anilines is 2. The Morgan fingerprint density at radius 2 is 2.33 bits per heavy atom. The van der Waals surface area contributed by atoms with E-state index >= 15 is 0 Å². The van der Waals surface area contributed by atoms with Crippen LogP contribution in [-0.2, 0) is 13.6 Å². The second-order valence-corrected chi connectivity index (χ2v) is 5.17. The van der Waals surface area contributed by atoms with Crippen LogP contribution in [-0.4, -0.2) is 14.8 Å². The summed E-state index contributed by atoms with van der Waals surface area (Å²) in [4.78, 5) is 4.24. The van der Waals surface area contributed by atoms with Gasteiger partial charge >= 0.3 is 0 Å². The van der Waals surface area contributed by atoms with Gasteiger partial charge in [0.2, 0.25) is 0 Å². The third-order valence-corrected chi connectivity index (χ3v) is 3.52. The van der Waals surface area contributed by atoms with Crippen LogP contribution in [0.2, 0.25) is 0 Å². The van der Waals surface area contributed by atoms with E-state index in [0.717, 1.165) is 22.4 Å². The number of benzene rings is 1. The van der Waals surface area contributed by atoms with Gasteiger partial charge in [0.25, 0.3) is 0 Å². The number of hydrogen-bond donors (Lipinski definition) is 2. The number of aromatic nitrogens is 3. The van der Waals surface area contributed by atoms with Crippen LogP contribution in [0.25, 0.3) is 10.2 Å². The molecule has 18 heavy (non-hydrogen) atoms. The summed E-state index contributed by atoms with van der Waals surface area (Å²) < 4.78 is 2.90. The van der Waals surface area contributed by atoms with Crippen LogP contribution < -0.4 is 11.1 Å². The molecule has 0 unspecified atom stereocenters. The molecule has 3 rings (SSSR count). The average molecular weight is 259 g/mol. The van der Waals surface area contributed by atoms with Crippen molar-refractivity contribution in [1.82, 2.24) is 14.8 Å². The fraction of sp³-hybridized carbons (Fsp3) is 0.167. The Morgan fingerprint density at radius 1 is 1.44 bits per heavy atom. The SMILES string of the molecule is Cn1cc(NCc2ccc3nc(N)sc3c2)cn1. The van der Waals surface area contributed by atoms with Crippen molar-refractivity contribution < 1.29 is 0 Å². The summed E-state index contributed by atoms with van der Waals surface area (Å²) in [5, 5.41) is 8.05. The van der Waals surface area contributed by atoms with E-state index in [1.54, 1.807) is 4.68 Å². The molecule has 0 aliphatic carbocycles. The van der Waals surface area contributed by atoms with Gasteiger partial charge in [0.05, 0.1) is 22.1 Å². The second-order valence-electron chi connectivity index (χ2n) is 4.11. The van der Waals surface area contributed by atoms with E-state index < -0.39 is 0 Å². The van der Waals surface area contributed by atoms with E-state index in [1.807, 2.05) is 25.5 Å². The lowest BCUT2D eigenvalue weighted by Gasteiger charge is -2.03. The molecular formula is C12H13N5S. The van der Waals surface area contributed by atoms with E-state index in [-0.39, 0.29) is 0 Å². The number of nitrogen functional groups attached to an aromatic ring is 1. The maximum Gasteiger partial charge on any atom is 0.181 e. The first-order chi connectivity index (χ1) is 8.70. The zero-order valence-electron chi connectivity index (χ0n) is 9.92. The van der Waals surface area contributed by atoms with Crippen LogP contribution in [0, 0.1) is 0 Å². The maximum atomic E-state index is 5.69. The Hall–Kier alpha value is -2.08. The Kier molecular flexibility index (Phi) is 2.64. The second kappa shape index (κ2) is 4.30. The lowest BCUT2D eigenvalue weighted by Crippen LogP contribution is -1.98. The third-order valence-electron chi connectivity index (χ3n) is 2.67. The number of nitrogens with zero attached hydrogens (tertiary/aromatic N) is 3. The minimum Gasteiger partial charge on any atom is -0.378 e. The number of fused-ring (bicyclic) bond motifs is 1. The molecule has 3 N–H and O–H groups in total. The monoisotopic (exact) mass is 259 g/mol. The fourth-order valence-corrected chi connectivity index (χ4v) is 2.61. The maximum absolute atomic E-state index is 5.69. The Bertz CT molecular complexity index is 685. The zero-order chi connectivity index (χ0) is 12.5. The first-order valence-corrected chi connectivity index (χ1v) is 6.40. The van der Waals surface area contributed by atoms with Gasteiger partial charge < -0.3 is 11.1 Å². The molecule has 0 fully saturated rings. The lowest BCUT2D eigenvalue weighted by molar-refractivity contribution is 0.768. The number of hydrogen-bond acceptors (Lipinski definition) is 5. The highest BCUT2D eigenvalue weighted by molar-refractivity contribution is 7.22. The summed E-state index contributed by atoms with van der Waals surface area (Å²) in [5.41, 5.74) is 8.87. The highest BCUT2D eigenvalue weighted by Crippen LogP contribution is 2.24. The van der Waals surface area contributed by atoms with E-state index in [1.165, 1.54) is 16.9 Å². The summed E-state index contributed by atoms with van der Waals surface area (Å²) in [6, 6.07) is 6.18. The summed E-state index contributed by atoms with van der Waals surface area (Å²) in [6.45, 7) is 0.763. The Morgan fingerprint density at radius 3 is 3.11 bits per heavy atom. The molecule has 2 aromatic heterocycles. The number of rotatable bonds is 3. The molecule has 0 radical (unpaired) electrons. The molecule has 0 spiro atoms. The minimum atomic E-state index is 0.613. The number of nitrogens with one attached hydrogen (secondary N) is 1. The van der Waals surface area contributed by atoms with Crippen LogP contribution in [0.1, 0.15) is 5.56 Å². The largest absolute Gasteiger partial charge is 0.378 e. The summed E-state index contributed by atoms with van der Waals surface area (Å²) >= 11 is 1.51. The van der Waals surface area contributed by atoms with Crippen molar-refractivity contribution in [2.45, 2.75) is 6.54 Å². The van der Waals surface area contributed by atoms with Gasteiger partial charge in [-0.1, -0.05) is 17.4 Å². The van der Waals surface area contributed by atoms with Gasteiger partial charge in [-0.3, -0.25) is 4.68 Å². The van der Waals surface area contributed by atoms with Gasteiger partial charge in [-0.25, -0.2) is 4.98 Å². The van der Waals surface area contributed by atoms with E-state index in [0.29, 0.717) is 5.13 Å². The first-order valence-electron chi connectivity index (χ1n) is 5.58. The number of thiazole rings is 1. The Labute approximate surface area is 108 Å². The predicted octanol–water partition coefficient (Wildman–Crippen LogP) is 2.22. The molecule has 0 aliphatic rings.